The Morgan fingerprint density at radius 3 is 1.18 bits per heavy atom. The maximum absolute atomic E-state index is 8.79. The summed E-state index contributed by atoms with van der Waals surface area (Å²) in [6.07, 6.45) is 0. The fourth-order valence-electron chi connectivity index (χ4n) is 21.8. The highest BCUT2D eigenvalue weighted by Gasteiger charge is 2.42. The van der Waals surface area contributed by atoms with Crippen molar-refractivity contribution in [2.45, 2.75) is 226 Å². The minimum atomic E-state index is -0.0812. The van der Waals surface area contributed by atoms with Gasteiger partial charge < -0.3 is 4.57 Å². The van der Waals surface area contributed by atoms with Crippen LogP contribution in [0.1, 0.15) is 262 Å². The number of hydrogen-bond acceptors (Lipinski definition) is 0. The number of para-hydroxylation sites is 1. The third-order valence-corrected chi connectivity index (χ3v) is 30.2. The third-order valence-electron chi connectivity index (χ3n) is 30.2. The Hall–Kier alpha value is -13.0. The second-order valence-electron chi connectivity index (χ2n) is 41.9. The van der Waals surface area contributed by atoms with Gasteiger partial charge in [-0.3, -0.25) is 0 Å². The molecule has 6 nitrogen and oxygen atoms in total. The average Bonchev–Trinajstić information content (AvgIpc) is 1.42. The molecule has 0 unspecified atom stereocenters. The minimum Gasteiger partial charge on any atom is -0.338 e. The van der Waals surface area contributed by atoms with Crippen molar-refractivity contribution in [2.75, 3.05) is 0 Å². The van der Waals surface area contributed by atoms with Crippen LogP contribution in [0.5, 0.6) is 0 Å². The smallest absolute Gasteiger partial charge is 0.221 e. The van der Waals surface area contributed by atoms with Crippen LogP contribution in [0.2, 0.25) is 0 Å². The number of rotatable bonds is 10. The van der Waals surface area contributed by atoms with E-state index in [0.29, 0.717) is 77.9 Å². The topological polar surface area (TPSA) is 24.3 Å². The standard InChI is InChI=1S/C30H33N2.C30H32N.C25H26N.C24H28N.C21H24N/c1-18(2)22-12-13-23-15-21(6)31(7)30(26(23)16-22)25-17-29-27(14-20(25)5)24-10-8-9-11-28(24)32(29)19(3)4;1-18(2)21-12-13-22-15-20(4)31(7)29(25(22)16-21)24-17-28-26(14-19(24)3)23-10-8-9-11-27(23)30(28,5)6;1-16(2)19-10-11-22-13-18(4)26(5)25(24(22)14-19)23-15-21-9-7-6-8-20(21)12-17(23)3;1-14(2)18-12-11-17-13-16(4)25(7)23-20-15(3)9-8-10-19(20)24(5,6)22(18)21(17)23;1-14(2)17-10-11-18-12-16(4)22(5)21(20(18)13-17)19-9-7-6-8-15(19)3/h8-19H,1-7H3;8-18H,1-7H3;6-16H,1-5H3;8-14H,1-7H3;6-14H,1-5H3/q5*+1/i2*15D;2*13D;7D,8D,12D. The first-order chi connectivity index (χ1) is 67.6. The number of nitrogens with zero attached hydrogens (tertiary/aromatic N) is 6. The van der Waals surface area contributed by atoms with Crippen LogP contribution >= 0.6 is 0 Å². The molecule has 2 aliphatic carbocycles. The molecule has 0 bridgehead atoms. The van der Waals surface area contributed by atoms with E-state index in [-0.39, 0.29) is 10.8 Å². The molecule has 19 aromatic rings. The largest absolute Gasteiger partial charge is 0.338 e. The first-order valence-corrected chi connectivity index (χ1v) is 49.3. The zero-order chi connectivity index (χ0) is 103. The summed E-state index contributed by atoms with van der Waals surface area (Å²) in [5, 5.41) is 16.0. The summed E-state index contributed by atoms with van der Waals surface area (Å²) in [6.45, 7) is 57.1. The molecule has 21 rings (SSSR count). The summed E-state index contributed by atoms with van der Waals surface area (Å²) in [7, 11) is 10.4. The monoisotopic (exact) mass is 1800 g/mol. The van der Waals surface area contributed by atoms with E-state index in [2.05, 4.69) is 417 Å². The van der Waals surface area contributed by atoms with Crippen LogP contribution in [-0.4, -0.2) is 4.57 Å². The van der Waals surface area contributed by atoms with E-state index in [0.717, 1.165) is 88.4 Å². The van der Waals surface area contributed by atoms with Crippen molar-refractivity contribution in [1.29, 1.82) is 0 Å². The highest BCUT2D eigenvalue weighted by atomic mass is 15.0. The predicted molar refractivity (Wildman–Crippen MR) is 581 cm³/mol. The lowest BCUT2D eigenvalue weighted by Crippen LogP contribution is -2.39. The Labute approximate surface area is 820 Å². The molecule has 0 atom stereocenters. The van der Waals surface area contributed by atoms with Crippen molar-refractivity contribution in [1.82, 2.24) is 4.57 Å². The van der Waals surface area contributed by atoms with Crippen molar-refractivity contribution in [3.05, 3.63) is 373 Å². The summed E-state index contributed by atoms with van der Waals surface area (Å²) in [6, 6.07) is 84.9. The zero-order valence-electron chi connectivity index (χ0n) is 93.5. The number of pyridine rings is 5. The quantitative estimate of drug-likeness (QED) is 0.122. The van der Waals surface area contributed by atoms with Gasteiger partial charge in [-0.25, -0.2) is 0 Å². The maximum Gasteiger partial charge on any atom is 0.221 e. The average molecular weight is 1800 g/mol. The second-order valence-corrected chi connectivity index (χ2v) is 41.9. The molecule has 6 heteroatoms. The highest BCUT2D eigenvalue weighted by Crippen LogP contribution is 2.54. The Bertz CT molecular complexity index is 8490. The molecule has 0 fully saturated rings. The van der Waals surface area contributed by atoms with E-state index in [9.17, 15) is 0 Å². The van der Waals surface area contributed by atoms with Crippen molar-refractivity contribution in [2.24, 2.45) is 35.2 Å². The van der Waals surface area contributed by atoms with Crippen molar-refractivity contribution in [3.63, 3.8) is 0 Å². The van der Waals surface area contributed by atoms with Gasteiger partial charge in [-0.05, 0) is 265 Å². The van der Waals surface area contributed by atoms with E-state index < -0.39 is 0 Å². The molecule has 2 aliphatic rings. The van der Waals surface area contributed by atoms with Gasteiger partial charge in [0, 0.05) is 104 Å². The Balaban J connectivity index is 0.000000123. The number of benzene rings is 13. The molecule has 0 saturated carbocycles. The molecule has 0 aliphatic heterocycles. The van der Waals surface area contributed by atoms with Gasteiger partial charge >= 0.3 is 0 Å². The summed E-state index contributed by atoms with van der Waals surface area (Å²) in [5.41, 5.74) is 40.0. The lowest BCUT2D eigenvalue weighted by Gasteiger charge is -2.36. The van der Waals surface area contributed by atoms with Gasteiger partial charge in [0.25, 0.3) is 0 Å². The van der Waals surface area contributed by atoms with Gasteiger partial charge in [-0.15, -0.1) is 0 Å². The first kappa shape index (κ1) is 85.9. The lowest BCUT2D eigenvalue weighted by molar-refractivity contribution is -0.665. The lowest BCUT2D eigenvalue weighted by atomic mass is 9.66. The van der Waals surface area contributed by atoms with Gasteiger partial charge in [0.2, 0.25) is 28.5 Å². The van der Waals surface area contributed by atoms with E-state index in [1.807, 2.05) is 44.5 Å². The third kappa shape index (κ3) is 16.8. The Morgan fingerprint density at radius 1 is 0.272 bits per heavy atom. The SMILES string of the molecule is [2H]c1c(C)[n+](C)c(-c2cc3c(cc2C)-c2ccccc2C3(C)C)c2cc(C(C)C)ccc12.[2H]c1c(C)[n+](C)c(-c2cc3c(cc2C)c2ccccc2n3C(C)C)c2cc(C(C)C)ccc12.[2H]c1c(C)[n+](C)c(-c2cc3ccccc3cc2C)c2cc(C(C)C)ccc12.[2H]c1c(C)[n+](C)c2c3c(c(C(C)C)ccc13)C(C)(C)c1cccc(C)c1-2.[2H]c1cc([2H])c(C)c(-c2c3cc(C(C)C)ccc3c([2H])c(C)[n+]2C)c1. The summed E-state index contributed by atoms with van der Waals surface area (Å²) >= 11 is 0. The molecule has 0 saturated heterocycles. The van der Waals surface area contributed by atoms with E-state index >= 15 is 0 Å². The summed E-state index contributed by atoms with van der Waals surface area (Å²) in [4.78, 5) is 0. The fourth-order valence-corrected chi connectivity index (χ4v) is 21.8. The van der Waals surface area contributed by atoms with Crippen molar-refractivity contribution >= 4 is 86.4 Å². The molecule has 136 heavy (non-hydrogen) atoms. The van der Waals surface area contributed by atoms with Gasteiger partial charge in [0.1, 0.15) is 35.2 Å². The highest BCUT2D eigenvalue weighted by molar-refractivity contribution is 6.11. The number of hydrogen-bond donors (Lipinski definition) is 0. The van der Waals surface area contributed by atoms with Crippen LogP contribution < -0.4 is 22.8 Å². The second kappa shape index (κ2) is 36.9. The molecule has 0 N–H and O–H groups in total. The van der Waals surface area contributed by atoms with Crippen molar-refractivity contribution in [3.8, 4) is 67.4 Å². The van der Waals surface area contributed by atoms with Crippen molar-refractivity contribution < 1.29 is 32.4 Å². The molecule has 688 valence electrons. The molecule has 0 amide bonds. The van der Waals surface area contributed by atoms with Gasteiger partial charge in [0.15, 0.2) is 28.5 Å². The van der Waals surface area contributed by atoms with E-state index in [1.165, 1.54) is 172 Å². The van der Waals surface area contributed by atoms with Crippen LogP contribution in [0, 0.1) is 69.2 Å². The van der Waals surface area contributed by atoms with Crippen LogP contribution in [0.25, 0.3) is 154 Å². The van der Waals surface area contributed by atoms with Crippen LogP contribution in [0.3, 0.4) is 0 Å². The first-order valence-electron chi connectivity index (χ1n) is 52.8. The molecule has 13 aromatic carbocycles. The van der Waals surface area contributed by atoms with E-state index in [1.54, 1.807) is 6.07 Å². The number of fused-ring (bicyclic) bond motifs is 13. The Kier molecular flexibility index (Phi) is 23.3. The summed E-state index contributed by atoms with van der Waals surface area (Å²) < 4.78 is 73.0. The normalized spacial score (nSPS) is 13.6. The minimum absolute atomic E-state index is 0.0315. The molecule has 0 spiro atoms. The number of aryl methyl sites for hydroxylation is 4. The van der Waals surface area contributed by atoms with Crippen LogP contribution in [0.4, 0.5) is 0 Å². The zero-order valence-corrected chi connectivity index (χ0v) is 86.5. The van der Waals surface area contributed by atoms with Crippen LogP contribution in [-0.2, 0) is 46.1 Å². The van der Waals surface area contributed by atoms with Gasteiger partial charge in [-0.1, -0.05) is 273 Å². The Morgan fingerprint density at radius 2 is 0.684 bits per heavy atom. The van der Waals surface area contributed by atoms with E-state index in [4.69, 9.17) is 9.60 Å². The number of aromatic nitrogens is 6. The molecule has 6 heterocycles. The van der Waals surface area contributed by atoms with Crippen LogP contribution in [0.15, 0.2) is 267 Å². The van der Waals surface area contributed by atoms with Gasteiger partial charge in [0.05, 0.1) is 64.3 Å². The molecular formula is C130H143N6+5. The fraction of sp³-hybridized carbons (Fsp3) is 0.300. The molecule has 6 aromatic heterocycles. The molecule has 0 radical (unpaired) electrons. The van der Waals surface area contributed by atoms with Gasteiger partial charge in [-0.2, -0.15) is 22.8 Å². The predicted octanol–water partition coefficient (Wildman–Crippen LogP) is 32.1. The summed E-state index contributed by atoms with van der Waals surface area (Å²) in [5.74, 6) is 2.19. The molecular weight excluding hydrogens is 1650 g/mol. The maximum atomic E-state index is 8.79.